The molecule has 6 nitrogen and oxygen atoms in total. The maximum Gasteiger partial charge on any atom is 0.210 e. The van der Waals surface area contributed by atoms with Gasteiger partial charge in [-0.3, -0.25) is 0 Å². The molecule has 2 unspecified atom stereocenters. The highest BCUT2D eigenvalue weighted by molar-refractivity contribution is 7.96. The van der Waals surface area contributed by atoms with Crippen LogP contribution in [0.4, 0.5) is 0 Å². The van der Waals surface area contributed by atoms with Gasteiger partial charge in [0.2, 0.25) is 11.7 Å². The van der Waals surface area contributed by atoms with Crippen molar-refractivity contribution in [3.8, 4) is 0 Å². The zero-order chi connectivity index (χ0) is 13.1. The number of ether oxygens (including phenoxy) is 1. The maximum absolute atomic E-state index is 5.15. The fourth-order valence-electron chi connectivity index (χ4n) is 1.46. The van der Waals surface area contributed by atoms with E-state index in [-0.39, 0.29) is 12.3 Å². The second-order valence-corrected chi connectivity index (χ2v) is 4.79. The average Bonchev–Trinajstić information content (AvgIpc) is 2.13. The molecule has 0 amide bonds. The first kappa shape index (κ1) is 14.3. The number of nitrogens with zero attached hydrogens (tertiary/aromatic N) is 2. The maximum atomic E-state index is 5.15. The summed E-state index contributed by atoms with van der Waals surface area (Å²) in [5.41, 5.74) is 0. The van der Waals surface area contributed by atoms with Crippen molar-refractivity contribution in [3.05, 3.63) is 0 Å². The molecule has 1 rings (SSSR count). The standard InChI is InChI=1S/C10H21N5OS/c1-6(2)11-8-12-9(17)15-10(4,14-8)13-7(3)16-5/h6-7,13H,1-5H3,(H3,11,12,14,15,17). The predicted molar refractivity (Wildman–Crippen MR) is 73.3 cm³/mol. The van der Waals surface area contributed by atoms with Crippen molar-refractivity contribution in [1.29, 1.82) is 0 Å². The second kappa shape index (κ2) is 5.70. The van der Waals surface area contributed by atoms with Crippen LogP contribution >= 0.6 is 12.6 Å². The molecule has 0 bridgehead atoms. The highest BCUT2D eigenvalue weighted by Crippen LogP contribution is 2.14. The van der Waals surface area contributed by atoms with E-state index in [1.807, 2.05) is 27.7 Å². The van der Waals surface area contributed by atoms with Crippen LogP contribution in [0.1, 0.15) is 27.7 Å². The summed E-state index contributed by atoms with van der Waals surface area (Å²) in [4.78, 5) is 8.77. The van der Waals surface area contributed by atoms with E-state index in [2.05, 4.69) is 38.6 Å². The number of guanidine groups is 1. The Hall–Kier alpha value is -0.790. The first-order valence-electron chi connectivity index (χ1n) is 5.57. The molecular formula is C10H21N5OS. The molecule has 3 N–H and O–H groups in total. The highest BCUT2D eigenvalue weighted by atomic mass is 32.1. The normalized spacial score (nSPS) is 26.1. The molecule has 0 aliphatic carbocycles. The van der Waals surface area contributed by atoms with Gasteiger partial charge < -0.3 is 15.4 Å². The third-order valence-electron chi connectivity index (χ3n) is 2.14. The number of methoxy groups -OCH3 is 1. The van der Waals surface area contributed by atoms with Gasteiger partial charge in [-0.2, -0.15) is 0 Å². The Bertz CT molecular complexity index is 331. The van der Waals surface area contributed by atoms with Gasteiger partial charge in [-0.25, -0.2) is 15.3 Å². The molecule has 0 fully saturated rings. The van der Waals surface area contributed by atoms with Gasteiger partial charge in [0.1, 0.15) is 6.23 Å². The third kappa shape index (κ3) is 4.53. The number of hydrogen-bond acceptors (Lipinski definition) is 6. The Labute approximate surface area is 108 Å². The number of aliphatic imine (C=N–C) groups is 2. The molecule has 0 aromatic heterocycles. The molecule has 0 saturated heterocycles. The van der Waals surface area contributed by atoms with Crippen molar-refractivity contribution < 1.29 is 4.74 Å². The Balaban J connectivity index is 2.81. The van der Waals surface area contributed by atoms with E-state index in [0.717, 1.165) is 0 Å². The molecule has 0 aromatic rings. The van der Waals surface area contributed by atoms with Crippen LogP contribution in [0.25, 0.3) is 0 Å². The van der Waals surface area contributed by atoms with Crippen LogP contribution in [-0.2, 0) is 4.74 Å². The summed E-state index contributed by atoms with van der Waals surface area (Å²) < 4.78 is 5.15. The topological polar surface area (TPSA) is 70.0 Å². The summed E-state index contributed by atoms with van der Waals surface area (Å²) in [6.07, 6.45) is -0.146. The average molecular weight is 259 g/mol. The third-order valence-corrected chi connectivity index (χ3v) is 2.35. The molecule has 98 valence electrons. The molecule has 1 aliphatic rings. The van der Waals surface area contributed by atoms with Crippen molar-refractivity contribution >= 4 is 23.8 Å². The molecule has 1 aliphatic heterocycles. The summed E-state index contributed by atoms with van der Waals surface area (Å²) in [6, 6.07) is 0.282. The van der Waals surface area contributed by atoms with E-state index in [1.165, 1.54) is 0 Å². The van der Waals surface area contributed by atoms with E-state index in [1.54, 1.807) is 7.11 Å². The van der Waals surface area contributed by atoms with Crippen molar-refractivity contribution in [2.24, 2.45) is 9.98 Å². The van der Waals surface area contributed by atoms with Gasteiger partial charge in [0.05, 0.1) is 0 Å². The van der Waals surface area contributed by atoms with Crippen LogP contribution in [0, 0.1) is 0 Å². The number of amidine groups is 1. The molecule has 7 heteroatoms. The lowest BCUT2D eigenvalue weighted by molar-refractivity contribution is 0.0626. The Morgan fingerprint density at radius 2 is 2.00 bits per heavy atom. The summed E-state index contributed by atoms with van der Waals surface area (Å²) >= 11 is 4.25. The number of thiol groups is 1. The van der Waals surface area contributed by atoms with Gasteiger partial charge >= 0.3 is 0 Å². The minimum absolute atomic E-state index is 0.146. The van der Waals surface area contributed by atoms with Crippen LogP contribution < -0.4 is 16.0 Å². The molecule has 0 aromatic carbocycles. The monoisotopic (exact) mass is 259 g/mol. The van der Waals surface area contributed by atoms with Crippen molar-refractivity contribution in [1.82, 2.24) is 16.0 Å². The van der Waals surface area contributed by atoms with E-state index >= 15 is 0 Å². The van der Waals surface area contributed by atoms with Gasteiger partial charge in [-0.1, -0.05) is 0 Å². The molecule has 1 heterocycles. The molecule has 0 saturated carbocycles. The van der Waals surface area contributed by atoms with E-state index in [0.29, 0.717) is 11.1 Å². The van der Waals surface area contributed by atoms with E-state index in [9.17, 15) is 0 Å². The van der Waals surface area contributed by atoms with E-state index in [4.69, 9.17) is 4.74 Å². The highest BCUT2D eigenvalue weighted by Gasteiger charge is 2.28. The zero-order valence-corrected chi connectivity index (χ0v) is 11.8. The molecule has 0 radical (unpaired) electrons. The van der Waals surface area contributed by atoms with Crippen LogP contribution in [0.5, 0.6) is 0 Å². The molecule has 17 heavy (non-hydrogen) atoms. The van der Waals surface area contributed by atoms with Crippen LogP contribution in [-0.4, -0.2) is 36.3 Å². The van der Waals surface area contributed by atoms with E-state index < -0.39 is 5.79 Å². The number of nitrogens with one attached hydrogen (secondary N) is 3. The van der Waals surface area contributed by atoms with Gasteiger partial charge in [0.25, 0.3) is 0 Å². The summed E-state index contributed by atoms with van der Waals surface area (Å²) in [5, 5.41) is 9.82. The Kier molecular flexibility index (Phi) is 4.79. The van der Waals surface area contributed by atoms with Crippen LogP contribution in [0.3, 0.4) is 0 Å². The Morgan fingerprint density at radius 3 is 2.53 bits per heavy atom. The first-order valence-corrected chi connectivity index (χ1v) is 6.02. The second-order valence-electron chi connectivity index (χ2n) is 4.36. The van der Waals surface area contributed by atoms with Crippen molar-refractivity contribution in [2.45, 2.75) is 45.8 Å². The molecule has 2 atom stereocenters. The largest absolute Gasteiger partial charge is 0.367 e. The lowest BCUT2D eigenvalue weighted by Gasteiger charge is -2.31. The van der Waals surface area contributed by atoms with Crippen molar-refractivity contribution in [3.63, 3.8) is 0 Å². The minimum atomic E-state index is -0.769. The predicted octanol–water partition coefficient (Wildman–Crippen LogP) is 0.485. The lowest BCUT2D eigenvalue weighted by atomic mass is 10.3. The quantitative estimate of drug-likeness (QED) is 0.438. The SMILES string of the molecule is COC(C)NC1(C)N=C(S)NC(NC(C)C)=N1. The fraction of sp³-hybridized carbons (Fsp3) is 0.800. The van der Waals surface area contributed by atoms with Crippen LogP contribution in [0.2, 0.25) is 0 Å². The first-order chi connectivity index (χ1) is 7.84. The van der Waals surface area contributed by atoms with Gasteiger partial charge in [0.15, 0.2) is 5.17 Å². The van der Waals surface area contributed by atoms with Crippen molar-refractivity contribution in [2.75, 3.05) is 7.11 Å². The smallest absolute Gasteiger partial charge is 0.210 e. The molecule has 0 spiro atoms. The van der Waals surface area contributed by atoms with Crippen LogP contribution in [0.15, 0.2) is 9.98 Å². The van der Waals surface area contributed by atoms with Gasteiger partial charge in [-0.15, -0.1) is 12.6 Å². The minimum Gasteiger partial charge on any atom is -0.367 e. The Morgan fingerprint density at radius 1 is 1.35 bits per heavy atom. The van der Waals surface area contributed by atoms with Gasteiger partial charge in [-0.05, 0) is 27.7 Å². The number of rotatable bonds is 4. The summed E-state index contributed by atoms with van der Waals surface area (Å²) in [5.74, 6) is -0.118. The number of hydrogen-bond donors (Lipinski definition) is 4. The lowest BCUT2D eigenvalue weighted by Crippen LogP contribution is -2.54. The zero-order valence-electron chi connectivity index (χ0n) is 10.9. The summed E-state index contributed by atoms with van der Waals surface area (Å²) in [6.45, 7) is 7.83. The fourth-order valence-corrected chi connectivity index (χ4v) is 1.76. The molecular weight excluding hydrogens is 238 g/mol. The summed E-state index contributed by atoms with van der Waals surface area (Å²) in [7, 11) is 1.63. The van der Waals surface area contributed by atoms with Gasteiger partial charge in [0, 0.05) is 13.2 Å².